The average Bonchev–Trinajstić information content (AvgIpc) is 2.58. The van der Waals surface area contributed by atoms with E-state index >= 15 is 0 Å². The lowest BCUT2D eigenvalue weighted by molar-refractivity contribution is -0.0238. The summed E-state index contributed by atoms with van der Waals surface area (Å²) in [6.45, 7) is 10.7. The average molecular weight is 472 g/mol. The first-order valence-electron chi connectivity index (χ1n) is 9.61. The standard InChI is InChI=1S/C20H32N4O.HI/c1-3-21-19(22-16-20(25)8-5-9-20)24-12-10-23(11-13-24)15-18-7-4-6-17(2)14-18;/h4,6-7,14,25H,3,5,8-13,15-16H2,1-2H3,(H,21,22);1H. The molecule has 2 aliphatic rings. The highest BCUT2D eigenvalue weighted by molar-refractivity contribution is 14.0. The smallest absolute Gasteiger partial charge is 0.194 e. The number of halogens is 1. The fourth-order valence-corrected chi connectivity index (χ4v) is 3.58. The van der Waals surface area contributed by atoms with Gasteiger partial charge in [0, 0.05) is 39.3 Å². The van der Waals surface area contributed by atoms with Crippen molar-refractivity contribution in [1.29, 1.82) is 0 Å². The molecule has 0 aromatic heterocycles. The van der Waals surface area contributed by atoms with Gasteiger partial charge in [-0.1, -0.05) is 29.8 Å². The van der Waals surface area contributed by atoms with Crippen molar-refractivity contribution in [3.8, 4) is 0 Å². The second-order valence-corrected chi connectivity index (χ2v) is 7.50. The lowest BCUT2D eigenvalue weighted by Crippen LogP contribution is -2.52. The van der Waals surface area contributed by atoms with Crippen LogP contribution in [0.4, 0.5) is 0 Å². The maximum Gasteiger partial charge on any atom is 0.194 e. The third kappa shape index (κ3) is 5.82. The van der Waals surface area contributed by atoms with E-state index in [-0.39, 0.29) is 24.0 Å². The van der Waals surface area contributed by atoms with E-state index in [2.05, 4.69) is 53.2 Å². The number of hydrogen-bond donors (Lipinski definition) is 2. The van der Waals surface area contributed by atoms with Crippen molar-refractivity contribution in [2.24, 2.45) is 4.99 Å². The molecular formula is C20H33IN4O. The molecule has 1 aliphatic heterocycles. The van der Waals surface area contributed by atoms with Gasteiger partial charge in [-0.25, -0.2) is 0 Å². The van der Waals surface area contributed by atoms with E-state index in [4.69, 9.17) is 4.99 Å². The van der Waals surface area contributed by atoms with E-state index in [1.165, 1.54) is 11.1 Å². The maximum absolute atomic E-state index is 10.3. The van der Waals surface area contributed by atoms with Crippen molar-refractivity contribution in [1.82, 2.24) is 15.1 Å². The zero-order valence-corrected chi connectivity index (χ0v) is 18.4. The Hall–Kier alpha value is -0.860. The van der Waals surface area contributed by atoms with E-state index in [9.17, 15) is 5.11 Å². The van der Waals surface area contributed by atoms with Gasteiger partial charge in [-0.05, 0) is 38.7 Å². The molecule has 1 aromatic rings. The molecule has 0 spiro atoms. The van der Waals surface area contributed by atoms with Gasteiger partial charge in [-0.15, -0.1) is 24.0 Å². The molecular weight excluding hydrogens is 439 g/mol. The van der Waals surface area contributed by atoms with E-state index in [0.717, 1.165) is 64.5 Å². The van der Waals surface area contributed by atoms with Gasteiger partial charge in [0.15, 0.2) is 5.96 Å². The van der Waals surface area contributed by atoms with Crippen LogP contribution in [0.25, 0.3) is 0 Å². The molecule has 1 aliphatic carbocycles. The molecule has 2 fully saturated rings. The van der Waals surface area contributed by atoms with Crippen molar-refractivity contribution >= 4 is 29.9 Å². The summed E-state index contributed by atoms with van der Waals surface area (Å²) in [5, 5.41) is 13.7. The van der Waals surface area contributed by atoms with Gasteiger partial charge in [0.2, 0.25) is 0 Å². The second kappa shape index (κ2) is 9.90. The van der Waals surface area contributed by atoms with E-state index in [0.29, 0.717) is 6.54 Å². The van der Waals surface area contributed by atoms with Gasteiger partial charge >= 0.3 is 0 Å². The zero-order chi connectivity index (χ0) is 17.7. The van der Waals surface area contributed by atoms with E-state index in [1.54, 1.807) is 0 Å². The van der Waals surface area contributed by atoms with Crippen LogP contribution in [0.2, 0.25) is 0 Å². The van der Waals surface area contributed by atoms with Crippen LogP contribution in [0, 0.1) is 6.92 Å². The van der Waals surface area contributed by atoms with Gasteiger partial charge in [0.05, 0.1) is 12.1 Å². The van der Waals surface area contributed by atoms with Crippen molar-refractivity contribution in [3.63, 3.8) is 0 Å². The molecule has 146 valence electrons. The predicted molar refractivity (Wildman–Crippen MR) is 118 cm³/mol. The third-order valence-corrected chi connectivity index (χ3v) is 5.30. The molecule has 2 N–H and O–H groups in total. The molecule has 6 heteroatoms. The Labute approximate surface area is 174 Å². The van der Waals surface area contributed by atoms with Gasteiger partial charge in [0.1, 0.15) is 0 Å². The summed E-state index contributed by atoms with van der Waals surface area (Å²) in [5.41, 5.74) is 2.17. The number of benzene rings is 1. The number of rotatable bonds is 5. The lowest BCUT2D eigenvalue weighted by atomic mass is 9.80. The summed E-state index contributed by atoms with van der Waals surface area (Å²) in [4.78, 5) is 9.55. The number of aryl methyl sites for hydroxylation is 1. The van der Waals surface area contributed by atoms with Crippen LogP contribution in [0.1, 0.15) is 37.3 Å². The highest BCUT2D eigenvalue weighted by Crippen LogP contribution is 2.31. The maximum atomic E-state index is 10.3. The summed E-state index contributed by atoms with van der Waals surface area (Å²) < 4.78 is 0. The van der Waals surface area contributed by atoms with Crippen LogP contribution in [0.3, 0.4) is 0 Å². The predicted octanol–water partition coefficient (Wildman–Crippen LogP) is 2.61. The molecule has 1 saturated heterocycles. The largest absolute Gasteiger partial charge is 0.388 e. The minimum absolute atomic E-state index is 0. The van der Waals surface area contributed by atoms with Crippen LogP contribution in [0.5, 0.6) is 0 Å². The number of aliphatic imine (C=N–C) groups is 1. The van der Waals surface area contributed by atoms with Crippen molar-refractivity contribution in [2.75, 3.05) is 39.3 Å². The van der Waals surface area contributed by atoms with E-state index in [1.807, 2.05) is 0 Å². The first kappa shape index (κ1) is 21.4. The quantitative estimate of drug-likeness (QED) is 0.393. The van der Waals surface area contributed by atoms with Gasteiger partial charge in [-0.3, -0.25) is 9.89 Å². The van der Waals surface area contributed by atoms with Crippen LogP contribution >= 0.6 is 24.0 Å². The monoisotopic (exact) mass is 472 g/mol. The Bertz CT molecular complexity index is 595. The number of nitrogens with zero attached hydrogens (tertiary/aromatic N) is 3. The summed E-state index contributed by atoms with van der Waals surface area (Å²) in [6, 6.07) is 8.78. The Morgan fingerprint density at radius 2 is 1.96 bits per heavy atom. The number of hydrogen-bond acceptors (Lipinski definition) is 3. The Kier molecular flexibility index (Phi) is 8.16. The number of guanidine groups is 1. The first-order chi connectivity index (χ1) is 12.1. The SMILES string of the molecule is CCNC(=NCC1(O)CCC1)N1CCN(Cc2cccc(C)c2)CC1.I. The molecule has 5 nitrogen and oxygen atoms in total. The van der Waals surface area contributed by atoms with Gasteiger partial charge in [0.25, 0.3) is 0 Å². The first-order valence-corrected chi connectivity index (χ1v) is 9.61. The van der Waals surface area contributed by atoms with Crippen molar-refractivity contribution in [3.05, 3.63) is 35.4 Å². The Morgan fingerprint density at radius 3 is 2.54 bits per heavy atom. The highest BCUT2D eigenvalue weighted by atomic mass is 127. The molecule has 0 amide bonds. The molecule has 0 bridgehead atoms. The number of nitrogens with one attached hydrogen (secondary N) is 1. The minimum Gasteiger partial charge on any atom is -0.388 e. The lowest BCUT2D eigenvalue weighted by Gasteiger charge is -2.38. The highest BCUT2D eigenvalue weighted by Gasteiger charge is 2.34. The Balaban J connectivity index is 0.00000243. The summed E-state index contributed by atoms with van der Waals surface area (Å²) >= 11 is 0. The third-order valence-electron chi connectivity index (χ3n) is 5.30. The van der Waals surface area contributed by atoms with Crippen LogP contribution in [0.15, 0.2) is 29.3 Å². The summed E-state index contributed by atoms with van der Waals surface area (Å²) in [6.07, 6.45) is 2.90. The number of aliphatic hydroxyl groups is 1. The fraction of sp³-hybridized carbons (Fsp3) is 0.650. The molecule has 1 saturated carbocycles. The molecule has 0 radical (unpaired) electrons. The fourth-order valence-electron chi connectivity index (χ4n) is 3.58. The molecule has 1 heterocycles. The van der Waals surface area contributed by atoms with Crippen molar-refractivity contribution < 1.29 is 5.11 Å². The Morgan fingerprint density at radius 1 is 1.23 bits per heavy atom. The minimum atomic E-state index is -0.548. The van der Waals surface area contributed by atoms with E-state index < -0.39 is 5.60 Å². The topological polar surface area (TPSA) is 51.1 Å². The molecule has 0 atom stereocenters. The van der Waals surface area contributed by atoms with Crippen LogP contribution in [-0.4, -0.2) is 65.7 Å². The van der Waals surface area contributed by atoms with Crippen molar-refractivity contribution in [2.45, 2.75) is 45.3 Å². The number of piperazine rings is 1. The van der Waals surface area contributed by atoms with Gasteiger partial charge < -0.3 is 15.3 Å². The molecule has 3 rings (SSSR count). The molecule has 0 unspecified atom stereocenters. The zero-order valence-electron chi connectivity index (χ0n) is 16.1. The second-order valence-electron chi connectivity index (χ2n) is 7.50. The normalized spacial score (nSPS) is 20.3. The summed E-state index contributed by atoms with van der Waals surface area (Å²) in [7, 11) is 0. The van der Waals surface area contributed by atoms with Crippen LogP contribution < -0.4 is 5.32 Å². The molecule has 26 heavy (non-hydrogen) atoms. The summed E-state index contributed by atoms with van der Waals surface area (Å²) in [5.74, 6) is 0.957. The molecule has 1 aromatic carbocycles. The van der Waals surface area contributed by atoms with Crippen LogP contribution in [-0.2, 0) is 6.54 Å². The van der Waals surface area contributed by atoms with Gasteiger partial charge in [-0.2, -0.15) is 0 Å².